The molecule has 7 heteroatoms. The highest BCUT2D eigenvalue weighted by molar-refractivity contribution is 6.31. The Bertz CT molecular complexity index is 712. The molecule has 2 aromatic rings. The Labute approximate surface area is 146 Å². The van der Waals surface area contributed by atoms with Crippen LogP contribution in [0.3, 0.4) is 0 Å². The Hall–Kier alpha value is -2.08. The van der Waals surface area contributed by atoms with Crippen molar-refractivity contribution in [1.29, 1.82) is 0 Å². The van der Waals surface area contributed by atoms with Crippen molar-refractivity contribution in [3.63, 3.8) is 0 Å². The second kappa shape index (κ2) is 7.21. The van der Waals surface area contributed by atoms with Crippen LogP contribution in [0.1, 0.15) is 29.8 Å². The summed E-state index contributed by atoms with van der Waals surface area (Å²) in [5.41, 5.74) is 3.14. The molecule has 1 N–H and O–H groups in total. The summed E-state index contributed by atoms with van der Waals surface area (Å²) in [5, 5.41) is 7.62. The molecule has 0 aliphatic carbocycles. The smallest absolute Gasteiger partial charge is 0.223 e. The molecular formula is C17H21ClN4O2. The highest BCUT2D eigenvalue weighted by Gasteiger charge is 2.28. The van der Waals surface area contributed by atoms with Crippen LogP contribution in [0.25, 0.3) is 0 Å². The Balaban J connectivity index is 1.52. The van der Waals surface area contributed by atoms with Gasteiger partial charge in [-0.3, -0.25) is 14.9 Å². The SMILES string of the molecule is Cc1n[nH]c(C)c1CCC(=O)N1CCC(Oc2ccncc2Cl)C1. The first-order valence-electron chi connectivity index (χ1n) is 8.09. The van der Waals surface area contributed by atoms with Crippen molar-refractivity contribution in [2.75, 3.05) is 13.1 Å². The Morgan fingerprint density at radius 3 is 3.04 bits per heavy atom. The van der Waals surface area contributed by atoms with Crippen molar-refractivity contribution in [2.45, 2.75) is 39.2 Å². The second-order valence-electron chi connectivity index (χ2n) is 6.09. The van der Waals surface area contributed by atoms with Crippen molar-refractivity contribution in [1.82, 2.24) is 20.1 Å². The number of carbonyl (C=O) groups is 1. The fraction of sp³-hybridized carbons (Fsp3) is 0.471. The molecule has 1 fully saturated rings. The van der Waals surface area contributed by atoms with E-state index in [2.05, 4.69) is 15.2 Å². The molecule has 3 rings (SSSR count). The van der Waals surface area contributed by atoms with Gasteiger partial charge >= 0.3 is 0 Å². The number of likely N-dealkylation sites (tertiary alicyclic amines) is 1. The average Bonchev–Trinajstić information content (AvgIpc) is 3.15. The third-order valence-corrected chi connectivity index (χ3v) is 4.68. The molecule has 0 spiro atoms. The molecule has 1 saturated heterocycles. The zero-order valence-electron chi connectivity index (χ0n) is 13.9. The predicted molar refractivity (Wildman–Crippen MR) is 91.2 cm³/mol. The Kier molecular flexibility index (Phi) is 5.04. The number of hydrogen-bond donors (Lipinski definition) is 1. The maximum atomic E-state index is 12.4. The van der Waals surface area contributed by atoms with E-state index < -0.39 is 0 Å². The zero-order chi connectivity index (χ0) is 17.1. The largest absolute Gasteiger partial charge is 0.487 e. The molecule has 1 atom stereocenters. The monoisotopic (exact) mass is 348 g/mol. The number of ether oxygens (including phenoxy) is 1. The van der Waals surface area contributed by atoms with Crippen molar-refractivity contribution in [3.8, 4) is 5.75 Å². The summed E-state index contributed by atoms with van der Waals surface area (Å²) in [6, 6.07) is 1.75. The number of aryl methyl sites for hydroxylation is 2. The molecule has 3 heterocycles. The van der Waals surface area contributed by atoms with Gasteiger partial charge in [0, 0.05) is 43.5 Å². The first-order valence-corrected chi connectivity index (χ1v) is 8.46. The lowest BCUT2D eigenvalue weighted by Gasteiger charge is -2.17. The lowest BCUT2D eigenvalue weighted by molar-refractivity contribution is -0.130. The highest BCUT2D eigenvalue weighted by Crippen LogP contribution is 2.26. The third-order valence-electron chi connectivity index (χ3n) is 4.40. The van der Waals surface area contributed by atoms with Crippen molar-refractivity contribution >= 4 is 17.5 Å². The quantitative estimate of drug-likeness (QED) is 0.901. The average molecular weight is 349 g/mol. The van der Waals surface area contributed by atoms with Gasteiger partial charge < -0.3 is 9.64 Å². The molecule has 128 valence electrons. The topological polar surface area (TPSA) is 71.1 Å². The minimum atomic E-state index is -0.0220. The number of nitrogens with one attached hydrogen (secondary N) is 1. The Morgan fingerprint density at radius 1 is 1.50 bits per heavy atom. The molecule has 2 aromatic heterocycles. The van der Waals surface area contributed by atoms with Gasteiger partial charge in [0.15, 0.2) is 0 Å². The van der Waals surface area contributed by atoms with Gasteiger partial charge in [-0.05, 0) is 25.8 Å². The van der Waals surface area contributed by atoms with Crippen LogP contribution in [0.4, 0.5) is 0 Å². The number of nitrogens with zero attached hydrogens (tertiary/aromatic N) is 3. The van der Waals surface area contributed by atoms with E-state index >= 15 is 0 Å². The van der Waals surface area contributed by atoms with Crippen LogP contribution in [0.15, 0.2) is 18.5 Å². The molecule has 1 aliphatic heterocycles. The van der Waals surface area contributed by atoms with E-state index in [1.807, 2.05) is 18.7 Å². The second-order valence-corrected chi connectivity index (χ2v) is 6.49. The van der Waals surface area contributed by atoms with Crippen molar-refractivity contribution < 1.29 is 9.53 Å². The van der Waals surface area contributed by atoms with Crippen molar-refractivity contribution in [3.05, 3.63) is 40.4 Å². The summed E-state index contributed by atoms with van der Waals surface area (Å²) in [4.78, 5) is 18.2. The summed E-state index contributed by atoms with van der Waals surface area (Å²) < 4.78 is 5.89. The van der Waals surface area contributed by atoms with Gasteiger partial charge in [-0.15, -0.1) is 0 Å². The molecular weight excluding hydrogens is 328 g/mol. The molecule has 1 aliphatic rings. The zero-order valence-corrected chi connectivity index (χ0v) is 14.6. The predicted octanol–water partition coefficient (Wildman–Crippen LogP) is 2.69. The summed E-state index contributed by atoms with van der Waals surface area (Å²) in [5.74, 6) is 0.775. The first-order chi connectivity index (χ1) is 11.5. The van der Waals surface area contributed by atoms with Gasteiger partial charge in [-0.2, -0.15) is 5.10 Å². The van der Waals surface area contributed by atoms with Crippen LogP contribution >= 0.6 is 11.6 Å². The lowest BCUT2D eigenvalue weighted by Crippen LogP contribution is -2.31. The number of aromatic nitrogens is 3. The number of H-pyrrole nitrogens is 1. The van der Waals surface area contributed by atoms with Gasteiger partial charge in [0.25, 0.3) is 0 Å². The molecule has 1 amide bonds. The molecule has 0 radical (unpaired) electrons. The molecule has 24 heavy (non-hydrogen) atoms. The number of pyridine rings is 1. The number of rotatable bonds is 5. The number of hydrogen-bond acceptors (Lipinski definition) is 4. The Morgan fingerprint density at radius 2 is 2.33 bits per heavy atom. The molecule has 0 saturated carbocycles. The van der Waals surface area contributed by atoms with E-state index in [0.717, 1.165) is 29.9 Å². The van der Waals surface area contributed by atoms with Crippen LogP contribution in [0.5, 0.6) is 5.75 Å². The van der Waals surface area contributed by atoms with Crippen LogP contribution in [-0.2, 0) is 11.2 Å². The molecule has 0 aromatic carbocycles. The maximum Gasteiger partial charge on any atom is 0.223 e. The minimum absolute atomic E-state index is 0.0220. The van der Waals surface area contributed by atoms with Crippen LogP contribution in [-0.4, -0.2) is 45.2 Å². The standard InChI is InChI=1S/C17H21ClN4O2/c1-11-14(12(2)21-20-11)3-4-17(23)22-8-6-13(10-22)24-16-5-7-19-9-15(16)18/h5,7,9,13H,3-4,6,8,10H2,1-2H3,(H,20,21). The third kappa shape index (κ3) is 3.70. The van der Waals surface area contributed by atoms with E-state index in [1.54, 1.807) is 18.5 Å². The van der Waals surface area contributed by atoms with Gasteiger partial charge in [-0.25, -0.2) is 0 Å². The van der Waals surface area contributed by atoms with Gasteiger partial charge in [-0.1, -0.05) is 11.6 Å². The fourth-order valence-corrected chi connectivity index (χ4v) is 3.18. The molecule has 1 unspecified atom stereocenters. The fourth-order valence-electron chi connectivity index (χ4n) is 3.02. The minimum Gasteiger partial charge on any atom is -0.487 e. The van der Waals surface area contributed by atoms with Gasteiger partial charge in [0.1, 0.15) is 16.9 Å². The highest BCUT2D eigenvalue weighted by atomic mass is 35.5. The summed E-state index contributed by atoms with van der Waals surface area (Å²) in [6.07, 6.45) is 5.20. The van der Waals surface area contributed by atoms with Crippen LogP contribution in [0, 0.1) is 13.8 Å². The van der Waals surface area contributed by atoms with E-state index in [0.29, 0.717) is 30.2 Å². The molecule has 6 nitrogen and oxygen atoms in total. The van der Waals surface area contributed by atoms with Gasteiger partial charge in [0.05, 0.1) is 12.2 Å². The number of halogens is 1. The summed E-state index contributed by atoms with van der Waals surface area (Å²) in [6.45, 7) is 5.26. The van der Waals surface area contributed by atoms with Crippen LogP contribution in [0.2, 0.25) is 5.02 Å². The normalized spacial score (nSPS) is 17.3. The van der Waals surface area contributed by atoms with Crippen LogP contribution < -0.4 is 4.74 Å². The van der Waals surface area contributed by atoms with E-state index in [1.165, 1.54) is 0 Å². The van der Waals surface area contributed by atoms with Crippen molar-refractivity contribution in [2.24, 2.45) is 0 Å². The van der Waals surface area contributed by atoms with E-state index in [9.17, 15) is 4.79 Å². The summed E-state index contributed by atoms with van der Waals surface area (Å²) >= 11 is 6.06. The summed E-state index contributed by atoms with van der Waals surface area (Å²) in [7, 11) is 0. The maximum absolute atomic E-state index is 12.4. The molecule has 0 bridgehead atoms. The number of amides is 1. The number of aromatic amines is 1. The van der Waals surface area contributed by atoms with Gasteiger partial charge in [0.2, 0.25) is 5.91 Å². The van der Waals surface area contributed by atoms with E-state index in [4.69, 9.17) is 16.3 Å². The lowest BCUT2D eigenvalue weighted by atomic mass is 10.1. The first kappa shape index (κ1) is 16.8. The number of carbonyl (C=O) groups excluding carboxylic acids is 1. The van der Waals surface area contributed by atoms with E-state index in [-0.39, 0.29) is 12.0 Å².